The van der Waals surface area contributed by atoms with Gasteiger partial charge in [0.15, 0.2) is 0 Å². The topological polar surface area (TPSA) is 159 Å². The van der Waals surface area contributed by atoms with Gasteiger partial charge in [-0.25, -0.2) is 19.2 Å². The number of nitrogens with zero attached hydrogens (tertiary/aromatic N) is 3. The number of hydrogen-bond acceptors (Lipinski definition) is 8. The van der Waals surface area contributed by atoms with E-state index >= 15 is 0 Å². The summed E-state index contributed by atoms with van der Waals surface area (Å²) in [6.07, 6.45) is 10.3. The average Bonchev–Trinajstić information content (AvgIpc) is 3.01. The standard InChI is InChI=1S/C25H35N3S.2C4H4O4/c1-26-18-20-27(21-19-26)16-10-4-2-3-5-11-17-28-22-12-6-8-14-24(22)29-25-15-9-7-13-23(25)28;2*5-3(6)1-2-4(7)8/h6-9,12-15H,2-5,10-11,16-21H2,1H3;2*1-2H,(H,5,6)(H,7,8)/b;2*2-1-. The van der Waals surface area contributed by atoms with Crippen LogP contribution in [0.4, 0.5) is 11.4 Å². The summed E-state index contributed by atoms with van der Waals surface area (Å²) in [5.74, 6) is -5.03. The van der Waals surface area contributed by atoms with Crippen molar-refractivity contribution in [2.24, 2.45) is 0 Å². The van der Waals surface area contributed by atoms with Crippen molar-refractivity contribution < 1.29 is 39.6 Å². The highest BCUT2D eigenvalue weighted by molar-refractivity contribution is 7.99. The summed E-state index contributed by atoms with van der Waals surface area (Å²) in [6, 6.07) is 17.7. The van der Waals surface area contributed by atoms with E-state index in [1.54, 1.807) is 0 Å². The predicted molar refractivity (Wildman–Crippen MR) is 174 cm³/mol. The monoisotopic (exact) mass is 641 g/mol. The molecular weight excluding hydrogens is 598 g/mol. The molecule has 0 aromatic heterocycles. The zero-order chi connectivity index (χ0) is 33.0. The van der Waals surface area contributed by atoms with E-state index in [1.165, 1.54) is 92.4 Å². The second kappa shape index (κ2) is 20.8. The predicted octanol–water partition coefficient (Wildman–Crippen LogP) is 5.30. The van der Waals surface area contributed by atoms with Crippen molar-refractivity contribution in [1.29, 1.82) is 0 Å². The molecule has 4 N–H and O–H groups in total. The van der Waals surface area contributed by atoms with E-state index < -0.39 is 23.9 Å². The molecule has 0 aliphatic carbocycles. The first-order valence-corrected chi connectivity index (χ1v) is 15.7. The van der Waals surface area contributed by atoms with Gasteiger partial charge in [0.25, 0.3) is 0 Å². The Hall–Kier alpha value is -4.13. The summed E-state index contributed by atoms with van der Waals surface area (Å²) in [5.41, 5.74) is 2.76. The van der Waals surface area contributed by atoms with Crippen molar-refractivity contribution in [1.82, 2.24) is 9.80 Å². The SMILES string of the molecule is CN1CCN(CCCCCCCCN2c3ccccc3Sc3ccccc32)CC1.O=C(O)/C=C\C(=O)O.O=C(O)/C=C\C(=O)O. The van der Waals surface area contributed by atoms with E-state index in [0.29, 0.717) is 24.3 Å². The van der Waals surface area contributed by atoms with E-state index in [-0.39, 0.29) is 0 Å². The van der Waals surface area contributed by atoms with Crippen molar-refractivity contribution in [3.05, 3.63) is 72.8 Å². The summed E-state index contributed by atoms with van der Waals surface area (Å²) in [7, 11) is 2.23. The Morgan fingerprint density at radius 2 is 0.978 bits per heavy atom. The fourth-order valence-corrected chi connectivity index (χ4v) is 5.79. The summed E-state index contributed by atoms with van der Waals surface area (Å²) >= 11 is 1.90. The van der Waals surface area contributed by atoms with Gasteiger partial charge in [-0.05, 0) is 50.7 Å². The molecule has 12 heteroatoms. The lowest BCUT2D eigenvalue weighted by Crippen LogP contribution is -2.44. The van der Waals surface area contributed by atoms with Gasteiger partial charge in [0.1, 0.15) is 0 Å². The van der Waals surface area contributed by atoms with Gasteiger partial charge in [0.05, 0.1) is 11.4 Å². The van der Waals surface area contributed by atoms with Gasteiger partial charge in [0.2, 0.25) is 0 Å². The average molecular weight is 642 g/mol. The first-order valence-electron chi connectivity index (χ1n) is 14.9. The maximum absolute atomic E-state index is 9.55. The summed E-state index contributed by atoms with van der Waals surface area (Å²) < 4.78 is 0. The van der Waals surface area contributed by atoms with E-state index in [2.05, 4.69) is 70.3 Å². The maximum atomic E-state index is 9.55. The van der Waals surface area contributed by atoms with Gasteiger partial charge < -0.3 is 35.1 Å². The van der Waals surface area contributed by atoms with Crippen LogP contribution in [-0.4, -0.2) is 100 Å². The number of aliphatic carboxylic acids is 4. The first kappa shape index (κ1) is 37.1. The molecule has 1 saturated heterocycles. The minimum absolute atomic E-state index is 0.558. The van der Waals surface area contributed by atoms with Crippen LogP contribution in [0, 0.1) is 0 Å². The Morgan fingerprint density at radius 1 is 0.600 bits per heavy atom. The lowest BCUT2D eigenvalue weighted by molar-refractivity contribution is -0.134. The normalized spacial score (nSPS) is 14.5. The number of likely N-dealkylation sites (N-methyl/N-ethyl adjacent to an activating group) is 1. The summed E-state index contributed by atoms with van der Waals surface area (Å²) in [5, 5.41) is 31.2. The molecule has 0 radical (unpaired) electrons. The van der Waals surface area contributed by atoms with Crippen LogP contribution in [0.5, 0.6) is 0 Å². The van der Waals surface area contributed by atoms with Crippen LogP contribution in [0.25, 0.3) is 0 Å². The first-order chi connectivity index (χ1) is 21.6. The number of piperazine rings is 1. The zero-order valence-electron chi connectivity index (χ0n) is 25.6. The molecule has 11 nitrogen and oxygen atoms in total. The van der Waals surface area contributed by atoms with Crippen molar-refractivity contribution in [3.8, 4) is 0 Å². The molecule has 2 aromatic carbocycles. The highest BCUT2D eigenvalue weighted by Crippen LogP contribution is 2.47. The molecule has 4 rings (SSSR count). The number of carboxylic acid groups (broad SMARTS) is 4. The van der Waals surface area contributed by atoms with Gasteiger partial charge in [-0.1, -0.05) is 61.7 Å². The zero-order valence-corrected chi connectivity index (χ0v) is 26.4. The Balaban J connectivity index is 0.000000365. The quantitative estimate of drug-likeness (QED) is 0.165. The van der Waals surface area contributed by atoms with Crippen LogP contribution in [0.15, 0.2) is 82.6 Å². The third-order valence-electron chi connectivity index (χ3n) is 6.97. The molecule has 0 atom stereocenters. The van der Waals surface area contributed by atoms with Crippen molar-refractivity contribution in [2.75, 3.05) is 51.2 Å². The molecule has 2 aliphatic rings. The third-order valence-corrected chi connectivity index (χ3v) is 8.10. The largest absolute Gasteiger partial charge is 0.478 e. The minimum atomic E-state index is -1.26. The fraction of sp³-hybridized carbons (Fsp3) is 0.394. The van der Waals surface area contributed by atoms with Crippen LogP contribution in [0.1, 0.15) is 38.5 Å². The maximum Gasteiger partial charge on any atom is 0.328 e. The van der Waals surface area contributed by atoms with E-state index in [0.717, 1.165) is 6.54 Å². The Labute approximate surface area is 268 Å². The molecule has 1 fully saturated rings. The second-order valence-corrected chi connectivity index (χ2v) is 11.6. The lowest BCUT2D eigenvalue weighted by atomic mass is 10.1. The van der Waals surface area contributed by atoms with Crippen molar-refractivity contribution in [2.45, 2.75) is 48.3 Å². The number of para-hydroxylation sites is 2. The van der Waals surface area contributed by atoms with Crippen molar-refractivity contribution in [3.63, 3.8) is 0 Å². The number of fused-ring (bicyclic) bond motifs is 2. The van der Waals surface area contributed by atoms with Crippen LogP contribution < -0.4 is 4.90 Å². The molecule has 2 aliphatic heterocycles. The smallest absolute Gasteiger partial charge is 0.328 e. The molecule has 0 amide bonds. The molecule has 244 valence electrons. The second-order valence-electron chi connectivity index (χ2n) is 10.5. The number of anilines is 2. The van der Waals surface area contributed by atoms with Gasteiger partial charge in [0, 0.05) is 66.8 Å². The van der Waals surface area contributed by atoms with Gasteiger partial charge in [-0.2, -0.15) is 0 Å². The lowest BCUT2D eigenvalue weighted by Gasteiger charge is -2.32. The van der Waals surface area contributed by atoms with E-state index in [1.807, 2.05) is 11.8 Å². The number of hydrogen-bond donors (Lipinski definition) is 4. The van der Waals surface area contributed by atoms with E-state index in [4.69, 9.17) is 20.4 Å². The number of rotatable bonds is 13. The van der Waals surface area contributed by atoms with Crippen LogP contribution in [0.2, 0.25) is 0 Å². The fourth-order valence-electron chi connectivity index (χ4n) is 4.69. The van der Waals surface area contributed by atoms with Crippen LogP contribution >= 0.6 is 11.8 Å². The highest BCUT2D eigenvalue weighted by atomic mass is 32.2. The molecular formula is C33H43N3O8S. The third kappa shape index (κ3) is 15.4. The molecule has 2 aromatic rings. The molecule has 45 heavy (non-hydrogen) atoms. The van der Waals surface area contributed by atoms with Gasteiger partial charge in [-0.15, -0.1) is 0 Å². The number of unbranched alkanes of at least 4 members (excludes halogenated alkanes) is 5. The van der Waals surface area contributed by atoms with E-state index in [9.17, 15) is 19.2 Å². The minimum Gasteiger partial charge on any atom is -0.478 e. The molecule has 0 spiro atoms. The Kier molecular flexibility index (Phi) is 17.1. The van der Waals surface area contributed by atoms with Crippen molar-refractivity contribution >= 4 is 47.0 Å². The van der Waals surface area contributed by atoms with Gasteiger partial charge >= 0.3 is 23.9 Å². The van der Waals surface area contributed by atoms with Gasteiger partial charge in [-0.3, -0.25) is 0 Å². The highest BCUT2D eigenvalue weighted by Gasteiger charge is 2.22. The molecule has 0 saturated carbocycles. The molecule has 0 unspecified atom stereocenters. The summed E-state index contributed by atoms with van der Waals surface area (Å²) in [4.78, 5) is 48.6. The van der Waals surface area contributed by atoms with Crippen LogP contribution in [0.3, 0.4) is 0 Å². The van der Waals surface area contributed by atoms with Crippen LogP contribution in [-0.2, 0) is 19.2 Å². The Bertz CT molecular complexity index is 1200. The molecule has 2 heterocycles. The Morgan fingerprint density at radius 3 is 1.40 bits per heavy atom. The summed E-state index contributed by atoms with van der Waals surface area (Å²) in [6.45, 7) is 7.41. The number of benzene rings is 2. The molecule has 0 bridgehead atoms. The number of carbonyl (C=O) groups is 4. The number of carboxylic acids is 4.